The van der Waals surface area contributed by atoms with Crippen LogP contribution >= 0.6 is 0 Å². The Bertz CT molecular complexity index is 1070. The van der Waals surface area contributed by atoms with Gasteiger partial charge in [0.25, 0.3) is 0 Å². The number of sulfone groups is 1. The molecule has 0 spiro atoms. The summed E-state index contributed by atoms with van der Waals surface area (Å²) in [6.07, 6.45) is 2.45. The van der Waals surface area contributed by atoms with Crippen molar-refractivity contribution in [2.24, 2.45) is 0 Å². The Hall–Kier alpha value is -2.50. The van der Waals surface area contributed by atoms with Gasteiger partial charge in [-0.3, -0.25) is 4.57 Å². The van der Waals surface area contributed by atoms with Crippen molar-refractivity contribution in [3.05, 3.63) is 34.9 Å². The van der Waals surface area contributed by atoms with Gasteiger partial charge in [0.15, 0.2) is 9.84 Å². The first-order valence-electron chi connectivity index (χ1n) is 8.14. The van der Waals surface area contributed by atoms with Crippen LogP contribution in [0.4, 0.5) is 0 Å². The van der Waals surface area contributed by atoms with Crippen LogP contribution in [0.15, 0.2) is 23.1 Å². The van der Waals surface area contributed by atoms with Crippen LogP contribution in [-0.2, 0) is 25.8 Å². The van der Waals surface area contributed by atoms with Gasteiger partial charge in [0.05, 0.1) is 38.5 Å². The summed E-state index contributed by atoms with van der Waals surface area (Å²) < 4.78 is 31.3. The van der Waals surface area contributed by atoms with Crippen molar-refractivity contribution in [3.8, 4) is 23.5 Å². The molecule has 7 nitrogen and oxygen atoms in total. The smallest absolute Gasteiger partial charge is 0.205 e. The SMILES string of the molecule is C[C@]12CC[C@](C)(O1)c1c2c(O)n(-c2ccc(C#N)c(S(C)(=O)=O)c2)c1O. The Balaban J connectivity index is 2.00. The van der Waals surface area contributed by atoms with Gasteiger partial charge in [0.2, 0.25) is 11.8 Å². The van der Waals surface area contributed by atoms with Crippen LogP contribution in [0.5, 0.6) is 11.8 Å². The van der Waals surface area contributed by atoms with Crippen molar-refractivity contribution in [1.82, 2.24) is 4.57 Å². The van der Waals surface area contributed by atoms with Crippen LogP contribution in [0.2, 0.25) is 0 Å². The summed E-state index contributed by atoms with van der Waals surface area (Å²) in [5.41, 5.74) is -0.0348. The molecule has 0 saturated carbocycles. The van der Waals surface area contributed by atoms with Crippen LogP contribution in [-0.4, -0.2) is 29.5 Å². The number of rotatable bonds is 2. The third kappa shape index (κ3) is 1.98. The Morgan fingerprint density at radius 3 is 2.15 bits per heavy atom. The zero-order valence-corrected chi connectivity index (χ0v) is 15.4. The molecule has 2 atom stereocenters. The minimum atomic E-state index is -3.65. The Labute approximate surface area is 151 Å². The second kappa shape index (κ2) is 4.81. The van der Waals surface area contributed by atoms with Gasteiger partial charge in [-0.05, 0) is 44.9 Å². The van der Waals surface area contributed by atoms with Gasteiger partial charge in [0.1, 0.15) is 6.07 Å². The van der Waals surface area contributed by atoms with Gasteiger partial charge < -0.3 is 14.9 Å². The molecule has 136 valence electrons. The zero-order chi connectivity index (χ0) is 19.1. The minimum absolute atomic E-state index is 0.0113. The van der Waals surface area contributed by atoms with Crippen LogP contribution < -0.4 is 0 Å². The van der Waals surface area contributed by atoms with Crippen LogP contribution in [0.25, 0.3) is 5.69 Å². The van der Waals surface area contributed by atoms with E-state index >= 15 is 0 Å². The third-order valence-corrected chi connectivity index (χ3v) is 6.59. The Kier molecular flexibility index (Phi) is 3.13. The van der Waals surface area contributed by atoms with Crippen LogP contribution in [0.3, 0.4) is 0 Å². The van der Waals surface area contributed by atoms with Crippen LogP contribution in [0.1, 0.15) is 43.4 Å². The first kappa shape index (κ1) is 16.9. The number of hydrogen-bond donors (Lipinski definition) is 2. The molecule has 2 bridgehead atoms. The molecule has 2 aromatic rings. The molecule has 26 heavy (non-hydrogen) atoms. The first-order valence-corrected chi connectivity index (χ1v) is 10.0. The normalized spacial score (nSPS) is 26.7. The van der Waals surface area contributed by atoms with Gasteiger partial charge >= 0.3 is 0 Å². The largest absolute Gasteiger partial charge is 0.494 e. The van der Waals surface area contributed by atoms with E-state index in [1.165, 1.54) is 22.8 Å². The Morgan fingerprint density at radius 2 is 1.69 bits per heavy atom. The highest BCUT2D eigenvalue weighted by atomic mass is 32.2. The van der Waals surface area contributed by atoms with Crippen molar-refractivity contribution in [3.63, 3.8) is 0 Å². The number of benzene rings is 1. The fourth-order valence-corrected chi connectivity index (χ4v) is 5.12. The maximum atomic E-state index is 12.0. The number of ether oxygens (including phenoxy) is 1. The summed E-state index contributed by atoms with van der Waals surface area (Å²) in [6, 6.07) is 6.00. The van der Waals surface area contributed by atoms with E-state index < -0.39 is 21.0 Å². The maximum Gasteiger partial charge on any atom is 0.205 e. The summed E-state index contributed by atoms with van der Waals surface area (Å²) in [5, 5.41) is 30.8. The van der Waals surface area contributed by atoms with E-state index in [4.69, 9.17) is 10.00 Å². The monoisotopic (exact) mass is 374 g/mol. The number of aromatic hydroxyl groups is 2. The molecule has 1 saturated heterocycles. The molecule has 3 heterocycles. The molecule has 4 rings (SSSR count). The van der Waals surface area contributed by atoms with E-state index in [0.717, 1.165) is 19.1 Å². The van der Waals surface area contributed by atoms with Crippen LogP contribution in [0, 0.1) is 11.3 Å². The van der Waals surface area contributed by atoms with Gasteiger partial charge in [-0.25, -0.2) is 8.42 Å². The molecule has 1 aromatic carbocycles. The lowest BCUT2D eigenvalue weighted by atomic mass is 9.80. The number of nitrogens with zero attached hydrogens (tertiary/aromatic N) is 2. The lowest BCUT2D eigenvalue weighted by Crippen LogP contribution is -2.17. The van der Waals surface area contributed by atoms with Gasteiger partial charge in [-0.15, -0.1) is 0 Å². The second-order valence-electron chi connectivity index (χ2n) is 7.36. The number of fused-ring (bicyclic) bond motifs is 5. The standard InChI is InChI=1S/C18H18N2O5S/c1-17-6-7-18(2,25-17)14-13(17)15(21)20(16(14)22)11-5-4-10(9-19)12(8-11)26(3,23)24/h4-5,8,21-22H,6-7H2,1-3H3/t17-,18+. The molecule has 2 aliphatic heterocycles. The molecular formula is C18H18N2O5S. The highest BCUT2D eigenvalue weighted by Crippen LogP contribution is 2.64. The average Bonchev–Trinajstić information content (AvgIpc) is 3.10. The fourth-order valence-electron chi connectivity index (χ4n) is 4.27. The molecule has 0 radical (unpaired) electrons. The molecule has 1 aromatic heterocycles. The first-order chi connectivity index (χ1) is 12.0. The zero-order valence-electron chi connectivity index (χ0n) is 14.6. The number of aromatic nitrogens is 1. The predicted octanol–water partition coefficient (Wildman–Crippen LogP) is 2.42. The summed E-state index contributed by atoms with van der Waals surface area (Å²) in [7, 11) is -3.65. The highest BCUT2D eigenvalue weighted by molar-refractivity contribution is 7.90. The highest BCUT2D eigenvalue weighted by Gasteiger charge is 2.59. The van der Waals surface area contributed by atoms with E-state index in [-0.39, 0.29) is 27.9 Å². The number of nitriles is 1. The van der Waals surface area contributed by atoms with Crippen molar-refractivity contribution in [2.75, 3.05) is 6.26 Å². The quantitative estimate of drug-likeness (QED) is 0.835. The van der Waals surface area contributed by atoms with E-state index in [2.05, 4.69) is 0 Å². The maximum absolute atomic E-state index is 12.0. The predicted molar refractivity (Wildman–Crippen MR) is 91.9 cm³/mol. The molecule has 2 N–H and O–H groups in total. The molecule has 2 aliphatic rings. The minimum Gasteiger partial charge on any atom is -0.494 e. The summed E-state index contributed by atoms with van der Waals surface area (Å²) >= 11 is 0. The van der Waals surface area contributed by atoms with Crippen molar-refractivity contribution >= 4 is 9.84 Å². The molecule has 0 unspecified atom stereocenters. The summed E-state index contributed by atoms with van der Waals surface area (Å²) in [4.78, 5) is -0.151. The van der Waals surface area contributed by atoms with Crippen molar-refractivity contribution < 1.29 is 23.4 Å². The fraction of sp³-hybridized carbons (Fsp3) is 0.389. The van der Waals surface area contributed by atoms with Crippen molar-refractivity contribution in [1.29, 1.82) is 5.26 Å². The second-order valence-corrected chi connectivity index (χ2v) is 9.34. The van der Waals surface area contributed by atoms with E-state index in [1.807, 2.05) is 19.9 Å². The van der Waals surface area contributed by atoms with E-state index in [0.29, 0.717) is 11.1 Å². The molecule has 0 amide bonds. The molecular weight excluding hydrogens is 356 g/mol. The topological polar surface area (TPSA) is 113 Å². The van der Waals surface area contributed by atoms with E-state index in [9.17, 15) is 18.6 Å². The Morgan fingerprint density at radius 1 is 1.15 bits per heavy atom. The van der Waals surface area contributed by atoms with Gasteiger partial charge in [-0.2, -0.15) is 5.26 Å². The molecule has 0 aliphatic carbocycles. The summed E-state index contributed by atoms with van der Waals surface area (Å²) in [5.74, 6) is -0.347. The van der Waals surface area contributed by atoms with Gasteiger partial charge in [-0.1, -0.05) is 0 Å². The third-order valence-electron chi connectivity index (χ3n) is 5.45. The number of hydrogen-bond acceptors (Lipinski definition) is 6. The molecule has 8 heteroatoms. The van der Waals surface area contributed by atoms with Gasteiger partial charge in [0, 0.05) is 6.26 Å². The summed E-state index contributed by atoms with van der Waals surface area (Å²) in [6.45, 7) is 3.74. The molecule has 1 fully saturated rings. The van der Waals surface area contributed by atoms with Crippen molar-refractivity contribution in [2.45, 2.75) is 42.8 Å². The average molecular weight is 374 g/mol. The van der Waals surface area contributed by atoms with E-state index in [1.54, 1.807) is 0 Å². The lowest BCUT2D eigenvalue weighted by molar-refractivity contribution is -0.0683. The lowest BCUT2D eigenvalue weighted by Gasteiger charge is -2.21.